The summed E-state index contributed by atoms with van der Waals surface area (Å²) in [7, 11) is 0. The van der Waals surface area contributed by atoms with Gasteiger partial charge in [0.15, 0.2) is 17.4 Å². The van der Waals surface area contributed by atoms with Crippen molar-refractivity contribution in [2.45, 2.75) is 6.42 Å². The predicted molar refractivity (Wildman–Crippen MR) is 40.4 cm³/mol. The van der Waals surface area contributed by atoms with Gasteiger partial charge in [-0.25, -0.2) is 9.98 Å². The average molecular weight is 164 g/mol. The number of rotatable bonds is 0. The Balaban J connectivity index is 2.56. The number of aromatic nitrogens is 2. The van der Waals surface area contributed by atoms with Gasteiger partial charge in [-0.2, -0.15) is 0 Å². The lowest BCUT2D eigenvalue weighted by atomic mass is 10.1. The van der Waals surface area contributed by atoms with Crippen LogP contribution in [0.25, 0.3) is 0 Å². The number of hydrogen-bond acceptors (Lipinski definition) is 5. The van der Waals surface area contributed by atoms with E-state index in [0.29, 0.717) is 5.69 Å². The van der Waals surface area contributed by atoms with Gasteiger partial charge in [-0.1, -0.05) is 0 Å². The topological polar surface area (TPSA) is 87.5 Å². The summed E-state index contributed by atoms with van der Waals surface area (Å²) in [4.78, 5) is 31.4. The highest BCUT2D eigenvalue weighted by molar-refractivity contribution is 6.13. The fourth-order valence-corrected chi connectivity index (χ4v) is 1.02. The molecule has 0 amide bonds. The zero-order valence-corrected chi connectivity index (χ0v) is 5.94. The Hall–Kier alpha value is -1.85. The van der Waals surface area contributed by atoms with Gasteiger partial charge in [0.05, 0.1) is 12.7 Å². The molecule has 2 heterocycles. The molecule has 1 aliphatic heterocycles. The van der Waals surface area contributed by atoms with Crippen LogP contribution >= 0.6 is 0 Å². The van der Waals surface area contributed by atoms with E-state index in [1.165, 1.54) is 6.33 Å². The summed E-state index contributed by atoms with van der Waals surface area (Å²) < 4.78 is 0. The molecule has 0 bridgehead atoms. The Morgan fingerprint density at radius 3 is 3.17 bits per heavy atom. The van der Waals surface area contributed by atoms with Crippen LogP contribution in [0.4, 0.5) is 5.82 Å². The highest BCUT2D eigenvalue weighted by atomic mass is 16.3. The molecule has 1 N–H and O–H groups in total. The number of aliphatic imine (C=N–C) groups is 1. The number of hydrogen-bond donors (Lipinski definition) is 1. The van der Waals surface area contributed by atoms with E-state index < -0.39 is 0 Å². The van der Waals surface area contributed by atoms with Crippen molar-refractivity contribution in [3.63, 3.8) is 0 Å². The number of imidazole rings is 1. The van der Waals surface area contributed by atoms with Gasteiger partial charge in [-0.05, 0) is 5.18 Å². The van der Waals surface area contributed by atoms with Gasteiger partial charge in [0.1, 0.15) is 5.69 Å². The van der Waals surface area contributed by atoms with Crippen molar-refractivity contribution in [2.24, 2.45) is 10.2 Å². The molecular formula is C6H4N4O2. The fourth-order valence-electron chi connectivity index (χ4n) is 1.02. The minimum absolute atomic E-state index is 0.0143. The van der Waals surface area contributed by atoms with Crippen LogP contribution in [0.3, 0.4) is 0 Å². The predicted octanol–water partition coefficient (Wildman–Crippen LogP) is 0.792. The summed E-state index contributed by atoms with van der Waals surface area (Å²) in [5.41, 5.74) is 0.349. The Bertz CT molecular complexity index is 379. The normalized spacial score (nSPS) is 15.3. The van der Waals surface area contributed by atoms with E-state index in [-0.39, 0.29) is 23.9 Å². The number of amidine groups is 1. The second kappa shape index (κ2) is 2.33. The maximum absolute atomic E-state index is 11.2. The van der Waals surface area contributed by atoms with E-state index in [9.17, 15) is 9.70 Å². The van der Waals surface area contributed by atoms with E-state index in [1.54, 1.807) is 0 Å². The van der Waals surface area contributed by atoms with Gasteiger partial charge in [0.2, 0.25) is 0 Å². The van der Waals surface area contributed by atoms with E-state index >= 15 is 0 Å². The monoisotopic (exact) mass is 164 g/mol. The molecule has 6 nitrogen and oxygen atoms in total. The lowest BCUT2D eigenvalue weighted by Crippen LogP contribution is -2.10. The highest BCUT2D eigenvalue weighted by Crippen LogP contribution is 2.21. The van der Waals surface area contributed by atoms with Crippen molar-refractivity contribution in [2.75, 3.05) is 0 Å². The summed E-state index contributed by atoms with van der Waals surface area (Å²) in [5.74, 6) is 0.0348. The van der Waals surface area contributed by atoms with Gasteiger partial charge in [0, 0.05) is 0 Å². The molecule has 1 aliphatic rings. The summed E-state index contributed by atoms with van der Waals surface area (Å²) >= 11 is 0. The Morgan fingerprint density at radius 2 is 2.42 bits per heavy atom. The first kappa shape index (κ1) is 6.84. The van der Waals surface area contributed by atoms with Gasteiger partial charge < -0.3 is 4.98 Å². The zero-order valence-electron chi connectivity index (χ0n) is 5.94. The molecule has 6 heteroatoms. The molecule has 0 fully saturated rings. The molecule has 0 atom stereocenters. The number of aromatic amines is 1. The first-order chi connectivity index (χ1) is 5.81. The number of ketones is 1. The third-order valence-electron chi connectivity index (χ3n) is 1.56. The summed E-state index contributed by atoms with van der Waals surface area (Å²) in [6.07, 6.45) is 1.32. The number of nitrogens with zero attached hydrogens (tertiary/aromatic N) is 3. The van der Waals surface area contributed by atoms with Gasteiger partial charge in [-0.3, -0.25) is 4.79 Å². The van der Waals surface area contributed by atoms with Crippen molar-refractivity contribution in [1.29, 1.82) is 0 Å². The second-order valence-corrected chi connectivity index (χ2v) is 2.32. The summed E-state index contributed by atoms with van der Waals surface area (Å²) in [6, 6.07) is 0. The van der Waals surface area contributed by atoms with E-state index in [4.69, 9.17) is 0 Å². The number of nitrogens with one attached hydrogen (secondary N) is 1. The van der Waals surface area contributed by atoms with E-state index in [1.807, 2.05) is 0 Å². The molecular weight excluding hydrogens is 160 g/mol. The van der Waals surface area contributed by atoms with Crippen LogP contribution < -0.4 is 0 Å². The molecule has 0 spiro atoms. The Morgan fingerprint density at radius 1 is 1.58 bits per heavy atom. The van der Waals surface area contributed by atoms with Crippen LogP contribution in [0.15, 0.2) is 16.5 Å². The SMILES string of the molecule is O=NC1=Nc2nc[nH]c2C(=O)C1. The van der Waals surface area contributed by atoms with Crippen molar-refractivity contribution in [1.82, 2.24) is 9.97 Å². The third kappa shape index (κ3) is 0.849. The summed E-state index contributed by atoms with van der Waals surface area (Å²) in [5, 5.41) is 2.60. The minimum atomic E-state index is -0.202. The van der Waals surface area contributed by atoms with Crippen LogP contribution in [-0.2, 0) is 0 Å². The third-order valence-corrected chi connectivity index (χ3v) is 1.56. The quantitative estimate of drug-likeness (QED) is 0.575. The summed E-state index contributed by atoms with van der Waals surface area (Å²) in [6.45, 7) is 0. The smallest absolute Gasteiger partial charge is 0.190 e. The molecule has 2 rings (SSSR count). The molecule has 0 saturated heterocycles. The van der Waals surface area contributed by atoms with Crippen molar-refractivity contribution < 1.29 is 4.79 Å². The molecule has 0 aliphatic carbocycles. The maximum atomic E-state index is 11.2. The molecule has 0 unspecified atom stereocenters. The lowest BCUT2D eigenvalue weighted by molar-refractivity contribution is 0.0995. The molecule has 0 radical (unpaired) electrons. The number of nitroso groups, excluding NO2 is 1. The molecule has 1 aromatic rings. The van der Waals surface area contributed by atoms with Gasteiger partial charge in [0.25, 0.3) is 0 Å². The number of Topliss-reactive ketones (excluding diaryl/α,β-unsaturated/α-hetero) is 1. The Kier molecular flexibility index (Phi) is 1.33. The number of H-pyrrole nitrogens is 1. The Labute approximate surface area is 66.7 Å². The maximum Gasteiger partial charge on any atom is 0.190 e. The molecule has 60 valence electrons. The number of carbonyl (C=O) groups is 1. The van der Waals surface area contributed by atoms with E-state index in [2.05, 4.69) is 20.1 Å². The largest absolute Gasteiger partial charge is 0.340 e. The van der Waals surface area contributed by atoms with Crippen LogP contribution in [-0.4, -0.2) is 21.6 Å². The van der Waals surface area contributed by atoms with Crippen LogP contribution in [0.1, 0.15) is 16.9 Å². The zero-order chi connectivity index (χ0) is 8.55. The van der Waals surface area contributed by atoms with Crippen molar-refractivity contribution in [3.05, 3.63) is 16.9 Å². The standard InChI is InChI=1S/C6H4N4O2/c11-3-1-4(10-12)9-6-5(3)7-2-8-6/h2H,1H2,(H,7,8). The number of fused-ring (bicyclic) bond motifs is 1. The highest BCUT2D eigenvalue weighted by Gasteiger charge is 2.22. The van der Waals surface area contributed by atoms with Gasteiger partial charge >= 0.3 is 0 Å². The fraction of sp³-hybridized carbons (Fsp3) is 0.167. The molecule has 12 heavy (non-hydrogen) atoms. The van der Waals surface area contributed by atoms with Crippen molar-refractivity contribution >= 4 is 17.4 Å². The van der Waals surface area contributed by atoms with E-state index in [0.717, 1.165) is 0 Å². The molecule has 0 saturated carbocycles. The lowest BCUT2D eigenvalue weighted by Gasteiger charge is -2.02. The first-order valence-electron chi connectivity index (χ1n) is 3.29. The van der Waals surface area contributed by atoms with Crippen molar-refractivity contribution in [3.8, 4) is 0 Å². The average Bonchev–Trinajstić information content (AvgIpc) is 2.52. The minimum Gasteiger partial charge on any atom is -0.340 e. The van der Waals surface area contributed by atoms with Crippen LogP contribution in [0, 0.1) is 4.91 Å². The molecule has 0 aromatic carbocycles. The number of carbonyl (C=O) groups excluding carboxylic acids is 1. The van der Waals surface area contributed by atoms with Crippen LogP contribution in [0.2, 0.25) is 0 Å². The molecule has 1 aromatic heterocycles. The first-order valence-corrected chi connectivity index (χ1v) is 3.29. The van der Waals surface area contributed by atoms with Gasteiger partial charge in [-0.15, -0.1) is 4.91 Å². The second-order valence-electron chi connectivity index (χ2n) is 2.32. The van der Waals surface area contributed by atoms with Crippen LogP contribution in [0.5, 0.6) is 0 Å².